The molecule has 2 aromatic carbocycles. The number of fused-ring (bicyclic) bond motifs is 1. The summed E-state index contributed by atoms with van der Waals surface area (Å²) in [5.74, 6) is 0.924. The van der Waals surface area contributed by atoms with Crippen LogP contribution in [-0.2, 0) is 4.74 Å². The summed E-state index contributed by atoms with van der Waals surface area (Å²) in [6.45, 7) is 1.83. The number of aliphatic hydroxyl groups excluding tert-OH is 2. The minimum absolute atomic E-state index is 0.000835. The maximum absolute atomic E-state index is 12.8. The molecule has 0 aliphatic rings. The largest absolute Gasteiger partial charge is 0.508 e. The van der Waals surface area contributed by atoms with E-state index in [1.54, 1.807) is 25.3 Å². The molecule has 0 amide bonds. The Hall–Kier alpha value is -3.07. The highest BCUT2D eigenvalue weighted by Gasteiger charge is 2.17. The third kappa shape index (κ3) is 4.99. The summed E-state index contributed by atoms with van der Waals surface area (Å²) >= 11 is 0. The van der Waals surface area contributed by atoms with Gasteiger partial charge in [0.15, 0.2) is 5.43 Å². The number of benzene rings is 2. The molecule has 2 atom stereocenters. The molecule has 3 aromatic rings. The number of phenols is 1. The first-order valence-electron chi connectivity index (χ1n) is 9.77. The van der Waals surface area contributed by atoms with E-state index in [2.05, 4.69) is 0 Å². The summed E-state index contributed by atoms with van der Waals surface area (Å²) in [6, 6.07) is 9.45. The van der Waals surface area contributed by atoms with Gasteiger partial charge in [0.25, 0.3) is 0 Å². The van der Waals surface area contributed by atoms with Crippen LogP contribution in [0, 0.1) is 0 Å². The molecule has 31 heavy (non-hydrogen) atoms. The SMILES string of the molecule is COCC(C)c1ccc(-c2cc(=O)c3c(OC)cc(OCC(O)CO)cc3o2)cc1O. The van der Waals surface area contributed by atoms with Gasteiger partial charge in [-0.3, -0.25) is 4.79 Å². The van der Waals surface area contributed by atoms with Crippen molar-refractivity contribution in [3.05, 3.63) is 52.2 Å². The topological polar surface area (TPSA) is 119 Å². The lowest BCUT2D eigenvalue weighted by molar-refractivity contribution is 0.0535. The van der Waals surface area contributed by atoms with Gasteiger partial charge in [-0.05, 0) is 11.6 Å². The highest BCUT2D eigenvalue weighted by Crippen LogP contribution is 2.34. The van der Waals surface area contributed by atoms with E-state index in [0.29, 0.717) is 17.9 Å². The molecule has 0 spiro atoms. The number of rotatable bonds is 9. The maximum Gasteiger partial charge on any atom is 0.197 e. The summed E-state index contributed by atoms with van der Waals surface area (Å²) in [5.41, 5.74) is 1.18. The Kier molecular flexibility index (Phi) is 7.17. The van der Waals surface area contributed by atoms with E-state index < -0.39 is 12.7 Å². The van der Waals surface area contributed by atoms with Crippen molar-refractivity contribution < 1.29 is 33.9 Å². The van der Waals surface area contributed by atoms with E-state index in [1.807, 2.05) is 6.92 Å². The molecule has 1 aromatic heterocycles. The average molecular weight is 430 g/mol. The fraction of sp³-hybridized carbons (Fsp3) is 0.348. The second-order valence-electron chi connectivity index (χ2n) is 7.25. The molecule has 0 fully saturated rings. The zero-order chi connectivity index (χ0) is 22.5. The van der Waals surface area contributed by atoms with Crippen LogP contribution < -0.4 is 14.9 Å². The van der Waals surface area contributed by atoms with E-state index >= 15 is 0 Å². The summed E-state index contributed by atoms with van der Waals surface area (Å²) in [7, 11) is 3.02. The van der Waals surface area contributed by atoms with Gasteiger partial charge in [-0.25, -0.2) is 0 Å². The zero-order valence-corrected chi connectivity index (χ0v) is 17.6. The summed E-state index contributed by atoms with van der Waals surface area (Å²) in [6.07, 6.45) is -1.04. The summed E-state index contributed by atoms with van der Waals surface area (Å²) in [4.78, 5) is 12.8. The van der Waals surface area contributed by atoms with Gasteiger partial charge in [0.05, 0.1) is 20.3 Å². The number of ether oxygens (including phenoxy) is 3. The molecule has 3 N–H and O–H groups in total. The van der Waals surface area contributed by atoms with Crippen LogP contribution in [0.4, 0.5) is 0 Å². The Balaban J connectivity index is 2.04. The first-order valence-corrected chi connectivity index (χ1v) is 9.77. The first kappa shape index (κ1) is 22.6. The van der Waals surface area contributed by atoms with Crippen molar-refractivity contribution >= 4 is 11.0 Å². The van der Waals surface area contributed by atoms with E-state index in [4.69, 9.17) is 23.7 Å². The molecule has 0 aliphatic heterocycles. The average Bonchev–Trinajstić information content (AvgIpc) is 2.76. The van der Waals surface area contributed by atoms with E-state index in [1.165, 1.54) is 25.3 Å². The number of aromatic hydroxyl groups is 1. The molecule has 0 saturated carbocycles. The van der Waals surface area contributed by atoms with Crippen molar-refractivity contribution in [3.63, 3.8) is 0 Å². The second-order valence-corrected chi connectivity index (χ2v) is 7.25. The molecule has 8 nitrogen and oxygen atoms in total. The Morgan fingerprint density at radius 2 is 1.87 bits per heavy atom. The lowest BCUT2D eigenvalue weighted by Crippen LogP contribution is -2.21. The van der Waals surface area contributed by atoms with Crippen LogP contribution in [0.3, 0.4) is 0 Å². The van der Waals surface area contributed by atoms with Gasteiger partial charge >= 0.3 is 0 Å². The summed E-state index contributed by atoms with van der Waals surface area (Å²) < 4.78 is 21.9. The van der Waals surface area contributed by atoms with Crippen molar-refractivity contribution in [2.75, 3.05) is 34.0 Å². The van der Waals surface area contributed by atoms with Crippen LogP contribution in [0.1, 0.15) is 18.4 Å². The molecule has 0 bridgehead atoms. The molecule has 2 unspecified atom stereocenters. The predicted molar refractivity (Wildman–Crippen MR) is 115 cm³/mol. The lowest BCUT2D eigenvalue weighted by Gasteiger charge is -2.14. The fourth-order valence-electron chi connectivity index (χ4n) is 3.31. The van der Waals surface area contributed by atoms with Crippen LogP contribution in [0.5, 0.6) is 17.2 Å². The highest BCUT2D eigenvalue weighted by atomic mass is 16.5. The molecule has 1 heterocycles. The second kappa shape index (κ2) is 9.82. The van der Waals surface area contributed by atoms with Crippen molar-refractivity contribution in [2.24, 2.45) is 0 Å². The minimum atomic E-state index is -1.04. The Labute approximate surface area is 179 Å². The standard InChI is InChI=1S/C23H26O8/c1-13(11-28-2)17-5-4-14(6-18(17)26)20-9-19(27)23-21(29-3)7-16(8-22(23)31-20)30-12-15(25)10-24/h4-9,13,15,24-26H,10-12H2,1-3H3. The predicted octanol–water partition coefficient (Wildman–Crippen LogP) is 2.66. The van der Waals surface area contributed by atoms with Crippen molar-refractivity contribution in [2.45, 2.75) is 18.9 Å². The minimum Gasteiger partial charge on any atom is -0.508 e. The smallest absolute Gasteiger partial charge is 0.197 e. The molecular weight excluding hydrogens is 404 g/mol. The number of methoxy groups -OCH3 is 2. The van der Waals surface area contributed by atoms with Crippen LogP contribution in [0.25, 0.3) is 22.3 Å². The van der Waals surface area contributed by atoms with Gasteiger partial charge in [0.1, 0.15) is 46.7 Å². The molecular formula is C23H26O8. The Morgan fingerprint density at radius 3 is 2.52 bits per heavy atom. The normalized spacial score (nSPS) is 13.2. The van der Waals surface area contributed by atoms with Crippen molar-refractivity contribution in [1.29, 1.82) is 0 Å². The molecule has 8 heteroatoms. The molecule has 0 radical (unpaired) electrons. The van der Waals surface area contributed by atoms with Crippen LogP contribution in [0.2, 0.25) is 0 Å². The number of hydrogen-bond donors (Lipinski definition) is 3. The number of hydrogen-bond acceptors (Lipinski definition) is 8. The molecule has 3 rings (SSSR count). The first-order chi connectivity index (χ1) is 14.9. The Morgan fingerprint density at radius 1 is 1.10 bits per heavy atom. The van der Waals surface area contributed by atoms with Gasteiger partial charge in [-0.1, -0.05) is 19.1 Å². The van der Waals surface area contributed by atoms with Crippen LogP contribution in [-0.4, -0.2) is 55.5 Å². The number of phenolic OH excluding ortho intramolecular Hbond substituents is 1. The monoisotopic (exact) mass is 430 g/mol. The third-order valence-electron chi connectivity index (χ3n) is 4.90. The Bertz CT molecular complexity index is 1100. The quantitative estimate of drug-likeness (QED) is 0.474. The van der Waals surface area contributed by atoms with Gasteiger partial charge in [0.2, 0.25) is 0 Å². The van der Waals surface area contributed by atoms with E-state index in [0.717, 1.165) is 5.56 Å². The van der Waals surface area contributed by atoms with E-state index in [-0.39, 0.29) is 46.2 Å². The summed E-state index contributed by atoms with van der Waals surface area (Å²) in [5, 5.41) is 29.1. The van der Waals surface area contributed by atoms with Crippen molar-refractivity contribution in [1.82, 2.24) is 0 Å². The van der Waals surface area contributed by atoms with E-state index in [9.17, 15) is 15.0 Å². The third-order valence-corrected chi connectivity index (χ3v) is 4.90. The molecule has 0 saturated heterocycles. The highest BCUT2D eigenvalue weighted by molar-refractivity contribution is 5.86. The van der Waals surface area contributed by atoms with Gasteiger partial charge in [-0.2, -0.15) is 0 Å². The zero-order valence-electron chi connectivity index (χ0n) is 17.6. The van der Waals surface area contributed by atoms with Crippen molar-refractivity contribution in [3.8, 4) is 28.6 Å². The molecule has 166 valence electrons. The van der Waals surface area contributed by atoms with Crippen LogP contribution in [0.15, 0.2) is 45.6 Å². The van der Waals surface area contributed by atoms with Crippen LogP contribution >= 0.6 is 0 Å². The number of aliphatic hydroxyl groups is 2. The van der Waals surface area contributed by atoms with Gasteiger partial charge < -0.3 is 33.9 Å². The van der Waals surface area contributed by atoms with Gasteiger partial charge in [0, 0.05) is 36.8 Å². The lowest BCUT2D eigenvalue weighted by atomic mass is 9.98. The maximum atomic E-state index is 12.8. The van der Waals surface area contributed by atoms with Gasteiger partial charge in [-0.15, -0.1) is 0 Å². The fourth-order valence-corrected chi connectivity index (χ4v) is 3.31. The molecule has 0 aliphatic carbocycles.